The summed E-state index contributed by atoms with van der Waals surface area (Å²) >= 11 is 0. The zero-order chi connectivity index (χ0) is 15.3. The topological polar surface area (TPSA) is 116 Å². The second-order valence-corrected chi connectivity index (χ2v) is 5.04. The number of esters is 1. The summed E-state index contributed by atoms with van der Waals surface area (Å²) < 4.78 is 10.1. The third-order valence-electron chi connectivity index (χ3n) is 3.09. The summed E-state index contributed by atoms with van der Waals surface area (Å²) in [4.78, 5) is 11.6. The first-order valence-corrected chi connectivity index (χ1v) is 6.46. The van der Waals surface area contributed by atoms with Crippen LogP contribution in [0.3, 0.4) is 0 Å². The van der Waals surface area contributed by atoms with Crippen LogP contribution in [0.1, 0.15) is 20.3 Å². The minimum Gasteiger partial charge on any atom is -0.461 e. The van der Waals surface area contributed by atoms with Gasteiger partial charge in [-0.2, -0.15) is 0 Å². The molecule has 20 heavy (non-hydrogen) atoms. The molecule has 0 amide bonds. The van der Waals surface area contributed by atoms with Crippen molar-refractivity contribution in [2.75, 3.05) is 13.2 Å². The normalized spacial score (nSPS) is 33.6. The Morgan fingerprint density at radius 1 is 1.15 bits per heavy atom. The molecular weight excluding hydrogens is 268 g/mol. The summed E-state index contributed by atoms with van der Waals surface area (Å²) in [6.07, 6.45) is -4.88. The lowest BCUT2D eigenvalue weighted by Crippen LogP contribution is -2.58. The lowest BCUT2D eigenvalue weighted by molar-refractivity contribution is -0.231. The van der Waals surface area contributed by atoms with Gasteiger partial charge in [-0.05, 0) is 19.9 Å². The molecule has 1 aliphatic heterocycles. The maximum absolute atomic E-state index is 11.6. The number of ether oxygens (including phenoxy) is 2. The molecular formula is C13H22O7. The first kappa shape index (κ1) is 17.1. The highest BCUT2D eigenvalue weighted by atomic mass is 16.6. The average molecular weight is 290 g/mol. The molecule has 1 saturated heterocycles. The van der Waals surface area contributed by atoms with E-state index < -0.39 is 43.1 Å². The molecule has 1 rings (SSSR count). The van der Waals surface area contributed by atoms with Crippen LogP contribution in [-0.2, 0) is 14.3 Å². The number of hydrogen-bond donors (Lipinski definition) is 4. The van der Waals surface area contributed by atoms with E-state index in [1.807, 2.05) is 13.8 Å². The molecule has 0 saturated carbocycles. The molecule has 116 valence electrons. The van der Waals surface area contributed by atoms with Crippen molar-refractivity contribution in [2.45, 2.75) is 50.8 Å². The van der Waals surface area contributed by atoms with Crippen LogP contribution < -0.4 is 0 Å². The van der Waals surface area contributed by atoms with Gasteiger partial charge in [0.25, 0.3) is 0 Å². The first-order chi connectivity index (χ1) is 9.36. The van der Waals surface area contributed by atoms with Crippen molar-refractivity contribution in [1.29, 1.82) is 0 Å². The van der Waals surface area contributed by atoms with Crippen molar-refractivity contribution < 1.29 is 34.7 Å². The Kier molecular flexibility index (Phi) is 6.57. The molecule has 0 aromatic carbocycles. The average Bonchev–Trinajstić information content (AvgIpc) is 2.39. The second-order valence-electron chi connectivity index (χ2n) is 5.04. The molecule has 4 N–H and O–H groups in total. The fourth-order valence-corrected chi connectivity index (χ4v) is 1.87. The van der Waals surface area contributed by atoms with Crippen molar-refractivity contribution in [2.24, 2.45) is 0 Å². The van der Waals surface area contributed by atoms with Crippen LogP contribution in [-0.4, -0.2) is 70.1 Å². The minimum atomic E-state index is -1.48. The summed E-state index contributed by atoms with van der Waals surface area (Å²) in [6.45, 7) is 3.34. The summed E-state index contributed by atoms with van der Waals surface area (Å²) in [7, 11) is 0. The van der Waals surface area contributed by atoms with Gasteiger partial charge in [0.15, 0.2) is 0 Å². The van der Waals surface area contributed by atoms with Crippen LogP contribution in [0.15, 0.2) is 11.6 Å². The smallest absolute Gasteiger partial charge is 0.308 e. The van der Waals surface area contributed by atoms with Gasteiger partial charge in [-0.25, -0.2) is 0 Å². The molecule has 0 aliphatic carbocycles. The number of aliphatic hydroxyl groups is 4. The largest absolute Gasteiger partial charge is 0.461 e. The lowest BCUT2D eigenvalue weighted by Gasteiger charge is -2.39. The van der Waals surface area contributed by atoms with Gasteiger partial charge in [0.05, 0.1) is 19.1 Å². The van der Waals surface area contributed by atoms with Crippen LogP contribution in [0.5, 0.6) is 0 Å². The Morgan fingerprint density at radius 3 is 2.30 bits per heavy atom. The molecule has 7 nitrogen and oxygen atoms in total. The maximum atomic E-state index is 11.6. The molecule has 0 radical (unpaired) electrons. The van der Waals surface area contributed by atoms with Crippen LogP contribution in [0.4, 0.5) is 0 Å². The molecule has 1 fully saturated rings. The number of allylic oxidation sites excluding steroid dienone is 1. The van der Waals surface area contributed by atoms with E-state index in [0.717, 1.165) is 5.57 Å². The van der Waals surface area contributed by atoms with E-state index in [1.54, 1.807) is 6.08 Å². The van der Waals surface area contributed by atoms with Crippen molar-refractivity contribution in [1.82, 2.24) is 0 Å². The molecule has 5 atom stereocenters. The minimum absolute atomic E-state index is 0.124. The second kappa shape index (κ2) is 7.70. The number of rotatable bonds is 5. The number of carbonyl (C=O) groups excluding carboxylic acids is 1. The third-order valence-corrected chi connectivity index (χ3v) is 3.09. The molecule has 0 aromatic heterocycles. The highest BCUT2D eigenvalue weighted by Gasteiger charge is 2.44. The zero-order valence-electron chi connectivity index (χ0n) is 11.6. The standard InChI is InChI=1S/C13H22O7/c1-7(2)3-4-19-10(15)5-8-11(16)13(18)12(17)9(6-14)20-8/h3,8-9,11-14,16-18H,4-6H2,1-2H3/t8?,9-,11-,12-,13-/m1/s1. The van der Waals surface area contributed by atoms with Crippen LogP contribution in [0.25, 0.3) is 0 Å². The fraction of sp³-hybridized carbons (Fsp3) is 0.769. The van der Waals surface area contributed by atoms with Gasteiger partial charge in [0.1, 0.15) is 31.0 Å². The van der Waals surface area contributed by atoms with Gasteiger partial charge >= 0.3 is 5.97 Å². The summed E-state index contributed by atoms with van der Waals surface area (Å²) in [5.41, 5.74) is 1.01. The Balaban J connectivity index is 2.53. The SMILES string of the molecule is CC(C)=CCOC(=O)CC1O[C@H](CO)[C@@H](O)[C@H](O)[C@@H]1O. The third kappa shape index (κ3) is 4.53. The predicted octanol–water partition coefficient (Wildman–Crippen LogP) is -1.27. The van der Waals surface area contributed by atoms with E-state index in [1.165, 1.54) is 0 Å². The Morgan fingerprint density at radius 2 is 1.75 bits per heavy atom. The van der Waals surface area contributed by atoms with Crippen LogP contribution >= 0.6 is 0 Å². The van der Waals surface area contributed by atoms with Crippen molar-refractivity contribution in [3.8, 4) is 0 Å². The predicted molar refractivity (Wildman–Crippen MR) is 68.8 cm³/mol. The zero-order valence-corrected chi connectivity index (χ0v) is 11.6. The Labute approximate surface area is 117 Å². The van der Waals surface area contributed by atoms with E-state index in [-0.39, 0.29) is 13.0 Å². The Bertz CT molecular complexity index is 349. The molecule has 1 heterocycles. The van der Waals surface area contributed by atoms with Gasteiger partial charge < -0.3 is 29.9 Å². The highest BCUT2D eigenvalue weighted by Crippen LogP contribution is 2.23. The molecule has 1 unspecified atom stereocenters. The molecule has 0 aromatic rings. The van der Waals surface area contributed by atoms with Gasteiger partial charge in [-0.3, -0.25) is 4.79 Å². The summed E-state index contributed by atoms with van der Waals surface area (Å²) in [6, 6.07) is 0. The summed E-state index contributed by atoms with van der Waals surface area (Å²) in [5.74, 6) is -0.591. The van der Waals surface area contributed by atoms with Crippen molar-refractivity contribution >= 4 is 5.97 Å². The van der Waals surface area contributed by atoms with E-state index >= 15 is 0 Å². The highest BCUT2D eigenvalue weighted by molar-refractivity contribution is 5.70. The molecule has 0 bridgehead atoms. The number of aliphatic hydroxyl groups excluding tert-OH is 4. The number of carbonyl (C=O) groups is 1. The van der Waals surface area contributed by atoms with Crippen molar-refractivity contribution in [3.63, 3.8) is 0 Å². The van der Waals surface area contributed by atoms with Gasteiger partial charge in [0, 0.05) is 0 Å². The quantitative estimate of drug-likeness (QED) is 0.368. The van der Waals surface area contributed by atoms with E-state index in [2.05, 4.69) is 0 Å². The Hall–Kier alpha value is -0.990. The summed E-state index contributed by atoms with van der Waals surface area (Å²) in [5, 5.41) is 37.9. The van der Waals surface area contributed by atoms with Crippen LogP contribution in [0.2, 0.25) is 0 Å². The van der Waals surface area contributed by atoms with Gasteiger partial charge in [-0.1, -0.05) is 5.57 Å². The first-order valence-electron chi connectivity index (χ1n) is 6.46. The monoisotopic (exact) mass is 290 g/mol. The molecule has 0 spiro atoms. The van der Waals surface area contributed by atoms with Gasteiger partial charge in [-0.15, -0.1) is 0 Å². The van der Waals surface area contributed by atoms with E-state index in [0.29, 0.717) is 0 Å². The maximum Gasteiger partial charge on any atom is 0.308 e. The van der Waals surface area contributed by atoms with Crippen molar-refractivity contribution in [3.05, 3.63) is 11.6 Å². The number of hydrogen-bond acceptors (Lipinski definition) is 7. The lowest BCUT2D eigenvalue weighted by atomic mass is 9.93. The molecule has 7 heteroatoms. The van der Waals surface area contributed by atoms with E-state index in [4.69, 9.17) is 14.6 Å². The molecule has 1 aliphatic rings. The van der Waals surface area contributed by atoms with E-state index in [9.17, 15) is 20.1 Å². The van der Waals surface area contributed by atoms with Crippen LogP contribution in [0, 0.1) is 0 Å². The fourth-order valence-electron chi connectivity index (χ4n) is 1.87. The van der Waals surface area contributed by atoms with Gasteiger partial charge in [0.2, 0.25) is 0 Å².